The Balaban J connectivity index is 1.78. The van der Waals surface area contributed by atoms with Gasteiger partial charge in [0.05, 0.1) is 12.6 Å². The highest BCUT2D eigenvalue weighted by Crippen LogP contribution is 2.24. The van der Waals surface area contributed by atoms with E-state index in [1.165, 1.54) is 5.56 Å². The standard InChI is InChI=1S/C21H35N3O2/c1-5-22-20(24-17-8-10-18(25)11-9-17)23-14-15-26-19-12-6-16(7-13-19)21(2,3)4/h6-7,12-13,17-18,25H,5,8-11,14-15H2,1-4H3,(H2,22,23,24). The van der Waals surface area contributed by atoms with Gasteiger partial charge in [-0.25, -0.2) is 4.99 Å². The van der Waals surface area contributed by atoms with E-state index in [-0.39, 0.29) is 11.5 Å². The number of hydrogen-bond donors (Lipinski definition) is 3. The van der Waals surface area contributed by atoms with Gasteiger partial charge in [0.25, 0.3) is 0 Å². The topological polar surface area (TPSA) is 65.9 Å². The molecule has 1 aliphatic rings. The van der Waals surface area contributed by atoms with Crippen LogP contribution in [0.5, 0.6) is 5.75 Å². The Morgan fingerprint density at radius 2 is 1.81 bits per heavy atom. The average molecular weight is 362 g/mol. The molecular weight excluding hydrogens is 326 g/mol. The molecule has 0 saturated heterocycles. The summed E-state index contributed by atoms with van der Waals surface area (Å²) >= 11 is 0. The van der Waals surface area contributed by atoms with Crippen LogP contribution in [0.15, 0.2) is 29.3 Å². The number of nitrogens with zero attached hydrogens (tertiary/aromatic N) is 1. The highest BCUT2D eigenvalue weighted by molar-refractivity contribution is 5.80. The molecule has 1 aromatic carbocycles. The third kappa shape index (κ3) is 6.87. The van der Waals surface area contributed by atoms with Gasteiger partial charge in [0.15, 0.2) is 5.96 Å². The van der Waals surface area contributed by atoms with Crippen molar-refractivity contribution in [1.82, 2.24) is 10.6 Å². The molecule has 0 heterocycles. The maximum absolute atomic E-state index is 9.62. The van der Waals surface area contributed by atoms with Crippen molar-refractivity contribution in [2.24, 2.45) is 4.99 Å². The highest BCUT2D eigenvalue weighted by atomic mass is 16.5. The van der Waals surface area contributed by atoms with Crippen LogP contribution in [0.2, 0.25) is 0 Å². The summed E-state index contributed by atoms with van der Waals surface area (Å²) in [7, 11) is 0. The van der Waals surface area contributed by atoms with Crippen molar-refractivity contribution < 1.29 is 9.84 Å². The van der Waals surface area contributed by atoms with Crippen LogP contribution in [0.1, 0.15) is 58.9 Å². The Hall–Kier alpha value is -1.75. The third-order valence-corrected chi connectivity index (χ3v) is 4.73. The van der Waals surface area contributed by atoms with E-state index in [9.17, 15) is 5.11 Å². The first-order valence-corrected chi connectivity index (χ1v) is 9.84. The van der Waals surface area contributed by atoms with Gasteiger partial charge < -0.3 is 20.5 Å². The summed E-state index contributed by atoms with van der Waals surface area (Å²) in [4.78, 5) is 4.61. The van der Waals surface area contributed by atoms with Crippen molar-refractivity contribution in [3.63, 3.8) is 0 Å². The van der Waals surface area contributed by atoms with E-state index >= 15 is 0 Å². The molecule has 0 aliphatic heterocycles. The van der Waals surface area contributed by atoms with Gasteiger partial charge in [-0.2, -0.15) is 0 Å². The molecule has 26 heavy (non-hydrogen) atoms. The minimum absolute atomic E-state index is 0.134. The number of aliphatic hydroxyl groups is 1. The summed E-state index contributed by atoms with van der Waals surface area (Å²) in [5.74, 6) is 1.72. The zero-order valence-electron chi connectivity index (χ0n) is 16.7. The van der Waals surface area contributed by atoms with Crippen LogP contribution in [-0.2, 0) is 5.41 Å². The Morgan fingerprint density at radius 1 is 1.15 bits per heavy atom. The van der Waals surface area contributed by atoms with Gasteiger partial charge in [-0.15, -0.1) is 0 Å². The van der Waals surface area contributed by atoms with E-state index in [0.717, 1.165) is 43.9 Å². The monoisotopic (exact) mass is 361 g/mol. The number of ether oxygens (including phenoxy) is 1. The number of hydrogen-bond acceptors (Lipinski definition) is 3. The molecule has 0 bridgehead atoms. The summed E-state index contributed by atoms with van der Waals surface area (Å²) in [6, 6.07) is 8.70. The Labute approximate surface area is 158 Å². The van der Waals surface area contributed by atoms with Crippen LogP contribution in [0.25, 0.3) is 0 Å². The van der Waals surface area contributed by atoms with E-state index in [1.54, 1.807) is 0 Å². The van der Waals surface area contributed by atoms with E-state index < -0.39 is 0 Å². The number of benzene rings is 1. The largest absolute Gasteiger partial charge is 0.492 e. The molecule has 1 fully saturated rings. The lowest BCUT2D eigenvalue weighted by Crippen LogP contribution is -2.45. The van der Waals surface area contributed by atoms with E-state index in [2.05, 4.69) is 55.5 Å². The normalized spacial score (nSPS) is 21.3. The quantitative estimate of drug-likeness (QED) is 0.413. The molecule has 3 N–H and O–H groups in total. The molecule has 0 spiro atoms. The number of aliphatic imine (C=N–C) groups is 1. The minimum atomic E-state index is -0.134. The lowest BCUT2D eigenvalue weighted by Gasteiger charge is -2.27. The van der Waals surface area contributed by atoms with Gasteiger partial charge in [-0.1, -0.05) is 32.9 Å². The van der Waals surface area contributed by atoms with Crippen LogP contribution >= 0.6 is 0 Å². The van der Waals surface area contributed by atoms with Crippen molar-refractivity contribution in [2.45, 2.75) is 70.9 Å². The predicted octanol–water partition coefficient (Wildman–Crippen LogP) is 3.22. The first kappa shape index (κ1) is 20.6. The fraction of sp³-hybridized carbons (Fsp3) is 0.667. The molecule has 5 nitrogen and oxygen atoms in total. The van der Waals surface area contributed by atoms with E-state index in [4.69, 9.17) is 4.74 Å². The van der Waals surface area contributed by atoms with Gasteiger partial charge >= 0.3 is 0 Å². The molecular formula is C21H35N3O2. The van der Waals surface area contributed by atoms with Gasteiger partial charge in [0, 0.05) is 12.6 Å². The third-order valence-electron chi connectivity index (χ3n) is 4.73. The summed E-state index contributed by atoms with van der Waals surface area (Å²) in [6.07, 6.45) is 3.57. The zero-order chi connectivity index (χ0) is 19.0. The lowest BCUT2D eigenvalue weighted by molar-refractivity contribution is 0.120. The maximum atomic E-state index is 9.62. The van der Waals surface area contributed by atoms with Gasteiger partial charge in [0.1, 0.15) is 12.4 Å². The van der Waals surface area contributed by atoms with Crippen LogP contribution in [0, 0.1) is 0 Å². The summed E-state index contributed by atoms with van der Waals surface area (Å²) in [5, 5.41) is 16.4. The second-order valence-electron chi connectivity index (χ2n) is 8.03. The first-order valence-electron chi connectivity index (χ1n) is 9.84. The van der Waals surface area contributed by atoms with Crippen molar-refractivity contribution in [3.8, 4) is 5.75 Å². The predicted molar refractivity (Wildman–Crippen MR) is 108 cm³/mol. The number of guanidine groups is 1. The Kier molecular flexibility index (Phi) is 7.76. The molecule has 0 amide bonds. The highest BCUT2D eigenvalue weighted by Gasteiger charge is 2.19. The molecule has 0 aromatic heterocycles. The Morgan fingerprint density at radius 3 is 2.38 bits per heavy atom. The van der Waals surface area contributed by atoms with Gasteiger partial charge in [-0.3, -0.25) is 0 Å². The Bertz CT molecular complexity index is 556. The van der Waals surface area contributed by atoms with E-state index in [1.807, 2.05) is 12.1 Å². The van der Waals surface area contributed by atoms with Crippen molar-refractivity contribution in [1.29, 1.82) is 0 Å². The summed E-state index contributed by atoms with van der Waals surface area (Å²) in [6.45, 7) is 10.7. The zero-order valence-corrected chi connectivity index (χ0v) is 16.7. The molecule has 0 radical (unpaired) electrons. The van der Waals surface area contributed by atoms with Crippen LogP contribution in [0.3, 0.4) is 0 Å². The average Bonchev–Trinajstić information content (AvgIpc) is 2.60. The van der Waals surface area contributed by atoms with Gasteiger partial charge in [-0.05, 0) is 55.7 Å². The molecule has 146 valence electrons. The summed E-state index contributed by atoms with van der Waals surface area (Å²) in [5.41, 5.74) is 1.46. The molecule has 0 unspecified atom stereocenters. The fourth-order valence-corrected chi connectivity index (χ4v) is 3.11. The number of nitrogens with one attached hydrogen (secondary N) is 2. The van der Waals surface area contributed by atoms with Gasteiger partial charge in [0.2, 0.25) is 0 Å². The molecule has 5 heteroatoms. The van der Waals surface area contributed by atoms with Crippen molar-refractivity contribution in [3.05, 3.63) is 29.8 Å². The smallest absolute Gasteiger partial charge is 0.191 e. The maximum Gasteiger partial charge on any atom is 0.191 e. The van der Waals surface area contributed by atoms with Crippen molar-refractivity contribution in [2.75, 3.05) is 19.7 Å². The number of rotatable bonds is 6. The fourth-order valence-electron chi connectivity index (χ4n) is 3.11. The molecule has 2 rings (SSSR count). The molecule has 1 aliphatic carbocycles. The van der Waals surface area contributed by atoms with Crippen molar-refractivity contribution >= 4 is 5.96 Å². The molecule has 0 atom stereocenters. The molecule has 1 aromatic rings. The van der Waals surface area contributed by atoms with Crippen LogP contribution < -0.4 is 15.4 Å². The SMILES string of the molecule is CCNC(=NCCOc1ccc(C(C)(C)C)cc1)NC1CCC(O)CC1. The van der Waals surface area contributed by atoms with Crippen LogP contribution in [-0.4, -0.2) is 42.9 Å². The molecule has 1 saturated carbocycles. The second-order valence-corrected chi connectivity index (χ2v) is 8.03. The number of aliphatic hydroxyl groups excluding tert-OH is 1. The van der Waals surface area contributed by atoms with Crippen LogP contribution in [0.4, 0.5) is 0 Å². The second kappa shape index (κ2) is 9.81. The minimum Gasteiger partial charge on any atom is -0.492 e. The first-order chi connectivity index (χ1) is 12.4. The van der Waals surface area contributed by atoms with E-state index in [0.29, 0.717) is 19.2 Å². The summed E-state index contributed by atoms with van der Waals surface area (Å²) < 4.78 is 5.81. The lowest BCUT2D eigenvalue weighted by atomic mass is 9.87.